The van der Waals surface area contributed by atoms with Gasteiger partial charge < -0.3 is 85.5 Å². The molecular weight excluding hydrogens is 860 g/mol. The molecule has 0 unspecified atom stereocenters. The van der Waals surface area contributed by atoms with Crippen molar-refractivity contribution in [3.8, 4) is 0 Å². The van der Waals surface area contributed by atoms with Crippen LogP contribution in [0.3, 0.4) is 0 Å². The minimum Gasteiger partial charge on any atom is -0.481 e. The van der Waals surface area contributed by atoms with Gasteiger partial charge in [0.2, 0.25) is 65.0 Å². The number of hydrogen-bond acceptors (Lipinski definition) is 16. The molecule has 0 saturated carbocycles. The Hall–Kier alpha value is -7.01. The molecule has 1 fully saturated rings. The first-order valence-corrected chi connectivity index (χ1v) is 19.5. The molecule has 1 aliphatic heterocycles. The van der Waals surface area contributed by atoms with Gasteiger partial charge in [-0.15, -0.1) is 0 Å². The summed E-state index contributed by atoms with van der Waals surface area (Å²) in [7, 11) is 0. The maximum absolute atomic E-state index is 13.3. The second-order valence-corrected chi connectivity index (χ2v) is 13.9. The number of nitrogens with two attached hydrogens (primary N) is 3. The first kappa shape index (κ1) is 57.0. The van der Waals surface area contributed by atoms with Crippen molar-refractivity contribution in [2.24, 2.45) is 17.2 Å². The first-order chi connectivity index (χ1) is 29.9. The predicted octanol–water partition coefficient (Wildman–Crippen LogP) is -9.14. The lowest BCUT2D eigenvalue weighted by Crippen LogP contribution is -2.59. The van der Waals surface area contributed by atoms with Crippen LogP contribution in [-0.2, 0) is 62.3 Å². The van der Waals surface area contributed by atoms with Gasteiger partial charge in [0.15, 0.2) is 0 Å². The van der Waals surface area contributed by atoms with E-state index in [2.05, 4.69) is 37.2 Å². The number of carboxylic acid groups (broad SMARTS) is 2. The van der Waals surface area contributed by atoms with Crippen LogP contribution in [0.4, 0.5) is 0 Å². The van der Waals surface area contributed by atoms with E-state index in [1.807, 2.05) is 10.6 Å². The van der Waals surface area contributed by atoms with Crippen LogP contribution >= 0.6 is 0 Å². The van der Waals surface area contributed by atoms with Crippen molar-refractivity contribution in [3.05, 3.63) is 0 Å². The fraction of sp³-hybridized carbons (Fsp3) is 0.629. The molecule has 0 aromatic heterocycles. The zero-order valence-corrected chi connectivity index (χ0v) is 35.1. The van der Waals surface area contributed by atoms with Crippen LogP contribution in [0.15, 0.2) is 0 Å². The van der Waals surface area contributed by atoms with Crippen molar-refractivity contribution in [1.82, 2.24) is 47.9 Å². The second-order valence-electron chi connectivity index (χ2n) is 13.9. The number of amides is 11. The number of aliphatic hydroxyl groups excluding tert-OH is 2. The van der Waals surface area contributed by atoms with Gasteiger partial charge in [0.05, 0.1) is 32.7 Å². The van der Waals surface area contributed by atoms with E-state index in [4.69, 9.17) is 32.2 Å². The Labute approximate surface area is 364 Å². The average molecular weight is 919 g/mol. The van der Waals surface area contributed by atoms with Crippen LogP contribution < -0.4 is 65.1 Å². The number of unbranched alkanes of at least 4 members (excludes halogenated alkanes) is 1. The number of aliphatic hydroxyl groups is 2. The molecule has 0 spiro atoms. The van der Waals surface area contributed by atoms with Crippen LogP contribution in [0.5, 0.6) is 0 Å². The van der Waals surface area contributed by atoms with Crippen LogP contribution in [0.25, 0.3) is 0 Å². The minimum absolute atomic E-state index is 0.0181. The molecule has 7 atom stereocenters. The number of carbonyl (C=O) groups excluding carboxylic acids is 11. The molecule has 0 aliphatic carbocycles. The molecule has 0 radical (unpaired) electrons. The number of hydrogen-bond donors (Lipinski definition) is 16. The van der Waals surface area contributed by atoms with Gasteiger partial charge in [-0.1, -0.05) is 0 Å². The van der Waals surface area contributed by atoms with E-state index in [1.54, 1.807) is 0 Å². The number of aliphatic carboxylic acids is 2. The Balaban J connectivity index is 0.00000948. The van der Waals surface area contributed by atoms with Crippen molar-refractivity contribution in [3.63, 3.8) is 0 Å². The van der Waals surface area contributed by atoms with Crippen LogP contribution in [0.1, 0.15) is 65.2 Å². The van der Waals surface area contributed by atoms with Gasteiger partial charge in [-0.2, -0.15) is 0 Å². The van der Waals surface area contributed by atoms with Crippen LogP contribution in [-0.4, -0.2) is 172 Å². The van der Waals surface area contributed by atoms with Crippen molar-refractivity contribution in [2.45, 2.75) is 108 Å². The number of primary amides is 2. The normalized spacial score (nSPS) is 15.5. The van der Waals surface area contributed by atoms with Crippen LogP contribution in [0.2, 0.25) is 0 Å². The molecule has 29 nitrogen and oxygen atoms in total. The number of carboxylic acids is 2. The summed E-state index contributed by atoms with van der Waals surface area (Å²) in [5, 5.41) is 56.1. The Morgan fingerprint density at radius 1 is 0.656 bits per heavy atom. The Morgan fingerprint density at radius 3 is 1.66 bits per heavy atom. The smallest absolute Gasteiger partial charge is 0.326 e. The lowest BCUT2D eigenvalue weighted by Gasteiger charge is -2.25. The summed E-state index contributed by atoms with van der Waals surface area (Å²) in [6.45, 7) is -0.981. The highest BCUT2D eigenvalue weighted by atomic mass is 16.4. The quantitative estimate of drug-likeness (QED) is 0.0324. The molecule has 1 aliphatic rings. The van der Waals surface area contributed by atoms with Crippen LogP contribution in [0, 0.1) is 0 Å². The van der Waals surface area contributed by atoms with Gasteiger partial charge in [0.1, 0.15) is 42.3 Å². The largest absolute Gasteiger partial charge is 0.481 e. The first-order valence-electron chi connectivity index (χ1n) is 19.5. The van der Waals surface area contributed by atoms with E-state index in [-0.39, 0.29) is 31.7 Å². The van der Waals surface area contributed by atoms with E-state index in [1.165, 1.54) is 6.92 Å². The molecule has 64 heavy (non-hydrogen) atoms. The molecule has 0 aromatic carbocycles. The highest BCUT2D eigenvalue weighted by Crippen LogP contribution is 2.08. The average Bonchev–Trinajstić information content (AvgIpc) is 3.66. The third-order valence-corrected chi connectivity index (χ3v) is 8.50. The van der Waals surface area contributed by atoms with Gasteiger partial charge in [-0.25, -0.2) is 4.79 Å². The topological polar surface area (TPSA) is 489 Å². The monoisotopic (exact) mass is 918 g/mol. The Bertz CT molecular complexity index is 1710. The van der Waals surface area contributed by atoms with Gasteiger partial charge in [0, 0.05) is 19.8 Å². The molecule has 1 saturated heterocycles. The lowest BCUT2D eigenvalue weighted by atomic mass is 10.1. The molecule has 11 amide bonds. The highest BCUT2D eigenvalue weighted by Gasteiger charge is 2.33. The molecular formula is C35H58N12O17. The SMILES string of the molecule is CC(=O)O.C[C@H](NC(=O)[C@@H]1CCC(=O)N1)C(=O)N[C@@H](CCCCN)C(=O)N[C@@H](CO)C(=O)N[C@@H](CCC(N)=O)C(=O)NCC(=O)NCC(=O)N[C@@H](CO)C(=O)N[C@@H](CC(N)=O)C(=O)O. The number of rotatable bonds is 28. The number of nitrogens with one attached hydrogen (secondary N) is 9. The van der Waals surface area contributed by atoms with Gasteiger partial charge >= 0.3 is 5.97 Å². The minimum atomic E-state index is -1.76. The van der Waals surface area contributed by atoms with E-state index in [9.17, 15) is 67.7 Å². The summed E-state index contributed by atoms with van der Waals surface area (Å²) in [4.78, 5) is 156. The lowest BCUT2D eigenvalue weighted by molar-refractivity contribution is -0.144. The van der Waals surface area contributed by atoms with E-state index >= 15 is 0 Å². The fourth-order valence-corrected chi connectivity index (χ4v) is 5.19. The summed E-state index contributed by atoms with van der Waals surface area (Å²) >= 11 is 0. The van der Waals surface area contributed by atoms with E-state index in [0.717, 1.165) is 6.92 Å². The molecule has 360 valence electrons. The third kappa shape index (κ3) is 23.8. The molecule has 1 heterocycles. The maximum Gasteiger partial charge on any atom is 0.326 e. The summed E-state index contributed by atoms with van der Waals surface area (Å²) in [6, 6.07) is -10.0. The van der Waals surface area contributed by atoms with Crippen molar-refractivity contribution >= 4 is 76.9 Å². The third-order valence-electron chi connectivity index (χ3n) is 8.50. The van der Waals surface area contributed by atoms with Crippen molar-refractivity contribution < 1.29 is 82.8 Å². The van der Waals surface area contributed by atoms with Gasteiger partial charge in [0.25, 0.3) is 5.97 Å². The Morgan fingerprint density at radius 2 is 1.16 bits per heavy atom. The zero-order chi connectivity index (χ0) is 49.1. The standard InChI is InChI=1S/C33H54N12O15.C2H4O2/c1-15(39-29(55)18-6-8-24(50)40-18)27(53)42-16(4-2-3-9-34)30(56)45-21(14-47)32(58)43-17(5-7-22(35)48)28(54)38-11-25(51)37-12-26(52)41-20(13-46)31(57)44-19(33(59)60)10-23(36)49;1-2(3)4/h15-21,46-47H,2-14,34H2,1H3,(H2,35,48)(H2,36,49)(H,37,51)(H,38,54)(H,39,55)(H,40,50)(H,41,52)(H,42,53)(H,43,58)(H,44,57)(H,45,56)(H,59,60);1H3,(H,3,4)/t15-,16-,17-,18-,19-,20-,21-;/m0./s1. The summed E-state index contributed by atoms with van der Waals surface area (Å²) in [5.41, 5.74) is 15.7. The molecule has 1 rings (SSSR count). The molecule has 0 aromatic rings. The van der Waals surface area contributed by atoms with Gasteiger partial charge in [-0.05, 0) is 45.6 Å². The highest BCUT2D eigenvalue weighted by molar-refractivity contribution is 5.98. The summed E-state index contributed by atoms with van der Waals surface area (Å²) < 4.78 is 0. The predicted molar refractivity (Wildman–Crippen MR) is 215 cm³/mol. The molecule has 19 N–H and O–H groups in total. The molecule has 29 heteroatoms. The summed E-state index contributed by atoms with van der Waals surface area (Å²) in [5.74, 6) is -12.5. The van der Waals surface area contributed by atoms with Crippen molar-refractivity contribution in [1.29, 1.82) is 0 Å². The van der Waals surface area contributed by atoms with Crippen molar-refractivity contribution in [2.75, 3.05) is 32.8 Å². The Kier molecular flexibility index (Phi) is 26.8. The number of carbonyl (C=O) groups is 13. The zero-order valence-electron chi connectivity index (χ0n) is 35.1. The molecule has 0 bridgehead atoms. The maximum atomic E-state index is 13.3. The van der Waals surface area contributed by atoms with E-state index in [0.29, 0.717) is 12.8 Å². The van der Waals surface area contributed by atoms with E-state index < -0.39 is 159 Å². The summed E-state index contributed by atoms with van der Waals surface area (Å²) in [6.07, 6.45) is -0.481. The fourth-order valence-electron chi connectivity index (χ4n) is 5.19. The van der Waals surface area contributed by atoms with Gasteiger partial charge in [-0.3, -0.25) is 57.5 Å². The second kappa shape index (κ2) is 30.1.